The number of aliphatic hydroxyl groups is 2. The molecule has 2 aromatic rings. The second-order valence-corrected chi connectivity index (χ2v) is 5.47. The van der Waals surface area contributed by atoms with Crippen molar-refractivity contribution < 1.29 is 24.5 Å². The predicted molar refractivity (Wildman–Crippen MR) is 83.7 cm³/mol. The van der Waals surface area contributed by atoms with Crippen LogP contribution in [0.4, 0.5) is 0 Å². The van der Waals surface area contributed by atoms with Gasteiger partial charge in [0.15, 0.2) is 6.29 Å². The maximum Gasteiger partial charge on any atom is 0.338 e. The third-order valence-electron chi connectivity index (χ3n) is 3.81. The van der Waals surface area contributed by atoms with Crippen molar-refractivity contribution >= 4 is 5.97 Å². The zero-order valence-corrected chi connectivity index (χ0v) is 12.5. The van der Waals surface area contributed by atoms with Crippen molar-refractivity contribution in [2.75, 3.05) is 6.61 Å². The third-order valence-corrected chi connectivity index (χ3v) is 3.81. The van der Waals surface area contributed by atoms with Gasteiger partial charge in [0.05, 0.1) is 11.7 Å². The Morgan fingerprint density at radius 3 is 2.30 bits per heavy atom. The van der Waals surface area contributed by atoms with Crippen LogP contribution in [-0.2, 0) is 9.47 Å². The number of carbonyl (C=O) groups is 1. The Bertz CT molecular complexity index is 653. The third kappa shape index (κ3) is 3.76. The van der Waals surface area contributed by atoms with Crippen LogP contribution in [0.3, 0.4) is 0 Å². The van der Waals surface area contributed by atoms with E-state index < -0.39 is 24.5 Å². The van der Waals surface area contributed by atoms with E-state index in [1.807, 2.05) is 42.5 Å². The molecule has 0 bridgehead atoms. The molecule has 0 aromatic heterocycles. The van der Waals surface area contributed by atoms with Crippen LogP contribution in [0, 0.1) is 0 Å². The molecule has 5 heteroatoms. The second-order valence-electron chi connectivity index (χ2n) is 5.47. The van der Waals surface area contributed by atoms with Crippen LogP contribution in [0.2, 0.25) is 0 Å². The summed E-state index contributed by atoms with van der Waals surface area (Å²) in [6.07, 6.45) is -2.37. The molecule has 0 amide bonds. The standard InChI is InChI=1S/C18H18O5/c19-15-10-17(20)23-16(15)11-22-18(21)14-8-6-13(7-9-14)12-4-2-1-3-5-12/h1-9,15-17,19-20H,10-11H2/t15-,16+,17+/m0/s1. The number of esters is 1. The van der Waals surface area contributed by atoms with Gasteiger partial charge in [-0.15, -0.1) is 0 Å². The molecule has 3 atom stereocenters. The molecule has 120 valence electrons. The Balaban J connectivity index is 1.60. The lowest BCUT2D eigenvalue weighted by Crippen LogP contribution is -2.28. The Kier molecular flexibility index (Phi) is 4.71. The van der Waals surface area contributed by atoms with Gasteiger partial charge in [-0.05, 0) is 23.3 Å². The molecular formula is C18H18O5. The minimum absolute atomic E-state index is 0.0858. The monoisotopic (exact) mass is 314 g/mol. The zero-order valence-electron chi connectivity index (χ0n) is 12.5. The van der Waals surface area contributed by atoms with E-state index in [1.165, 1.54) is 0 Å². The molecule has 0 unspecified atom stereocenters. The van der Waals surface area contributed by atoms with Crippen molar-refractivity contribution in [1.29, 1.82) is 0 Å². The van der Waals surface area contributed by atoms with E-state index >= 15 is 0 Å². The molecule has 1 heterocycles. The molecule has 5 nitrogen and oxygen atoms in total. The molecule has 0 saturated carbocycles. The number of benzene rings is 2. The van der Waals surface area contributed by atoms with Gasteiger partial charge < -0.3 is 19.7 Å². The van der Waals surface area contributed by atoms with Gasteiger partial charge in [-0.25, -0.2) is 4.79 Å². The smallest absolute Gasteiger partial charge is 0.338 e. The minimum atomic E-state index is -1.00. The van der Waals surface area contributed by atoms with Crippen molar-refractivity contribution in [3.8, 4) is 11.1 Å². The molecule has 1 saturated heterocycles. The van der Waals surface area contributed by atoms with Crippen molar-refractivity contribution in [1.82, 2.24) is 0 Å². The fraction of sp³-hybridized carbons (Fsp3) is 0.278. The highest BCUT2D eigenvalue weighted by Gasteiger charge is 2.33. The molecule has 0 radical (unpaired) electrons. The van der Waals surface area contributed by atoms with Gasteiger partial charge in [0, 0.05) is 6.42 Å². The Morgan fingerprint density at radius 1 is 1.04 bits per heavy atom. The van der Waals surface area contributed by atoms with Crippen LogP contribution < -0.4 is 0 Å². The lowest BCUT2D eigenvalue weighted by atomic mass is 10.0. The summed E-state index contributed by atoms with van der Waals surface area (Å²) in [4.78, 5) is 12.0. The number of hydrogen-bond donors (Lipinski definition) is 2. The highest BCUT2D eigenvalue weighted by Crippen LogP contribution is 2.21. The van der Waals surface area contributed by atoms with Gasteiger partial charge in [0.2, 0.25) is 0 Å². The summed E-state index contributed by atoms with van der Waals surface area (Å²) in [5.74, 6) is -0.484. The molecule has 1 aliphatic rings. The summed E-state index contributed by atoms with van der Waals surface area (Å²) in [5, 5.41) is 18.9. The van der Waals surface area contributed by atoms with Gasteiger partial charge >= 0.3 is 5.97 Å². The van der Waals surface area contributed by atoms with Gasteiger partial charge in [-0.3, -0.25) is 0 Å². The summed E-state index contributed by atoms with van der Waals surface area (Å²) < 4.78 is 10.2. The molecule has 2 aromatic carbocycles. The van der Waals surface area contributed by atoms with Crippen LogP contribution in [0.5, 0.6) is 0 Å². The van der Waals surface area contributed by atoms with E-state index in [0.29, 0.717) is 5.56 Å². The number of carbonyl (C=O) groups excluding carboxylic acids is 1. The van der Waals surface area contributed by atoms with E-state index in [9.17, 15) is 15.0 Å². The summed E-state index contributed by atoms with van der Waals surface area (Å²) >= 11 is 0. The summed E-state index contributed by atoms with van der Waals surface area (Å²) in [5.41, 5.74) is 2.52. The summed E-state index contributed by atoms with van der Waals surface area (Å²) in [7, 11) is 0. The zero-order chi connectivity index (χ0) is 16.2. The van der Waals surface area contributed by atoms with E-state index in [4.69, 9.17) is 9.47 Å². The molecule has 3 rings (SSSR count). The van der Waals surface area contributed by atoms with E-state index in [-0.39, 0.29) is 13.0 Å². The first-order valence-electron chi connectivity index (χ1n) is 7.47. The van der Waals surface area contributed by atoms with Gasteiger partial charge in [0.25, 0.3) is 0 Å². The number of rotatable bonds is 4. The van der Waals surface area contributed by atoms with Crippen molar-refractivity contribution in [3.63, 3.8) is 0 Å². The lowest BCUT2D eigenvalue weighted by molar-refractivity contribution is -0.109. The summed E-state index contributed by atoms with van der Waals surface area (Å²) in [6.45, 7) is -0.0858. The molecule has 1 aliphatic heterocycles. The minimum Gasteiger partial charge on any atom is -0.459 e. The molecule has 23 heavy (non-hydrogen) atoms. The number of aliphatic hydroxyl groups excluding tert-OH is 2. The largest absolute Gasteiger partial charge is 0.459 e. The Hall–Kier alpha value is -2.21. The fourth-order valence-electron chi connectivity index (χ4n) is 2.53. The average Bonchev–Trinajstić information content (AvgIpc) is 2.91. The molecular weight excluding hydrogens is 296 g/mol. The van der Waals surface area contributed by atoms with Crippen LogP contribution in [0.25, 0.3) is 11.1 Å². The lowest BCUT2D eigenvalue weighted by Gasteiger charge is -2.14. The first-order valence-corrected chi connectivity index (χ1v) is 7.47. The van der Waals surface area contributed by atoms with Crippen molar-refractivity contribution in [3.05, 3.63) is 60.2 Å². The highest BCUT2D eigenvalue weighted by molar-refractivity contribution is 5.90. The maximum atomic E-state index is 12.0. The Labute approximate surface area is 134 Å². The quantitative estimate of drug-likeness (QED) is 0.844. The van der Waals surface area contributed by atoms with E-state index in [2.05, 4.69) is 0 Å². The average molecular weight is 314 g/mol. The molecule has 0 aliphatic carbocycles. The number of ether oxygens (including phenoxy) is 2. The highest BCUT2D eigenvalue weighted by atomic mass is 16.6. The Morgan fingerprint density at radius 2 is 1.70 bits per heavy atom. The molecule has 0 spiro atoms. The van der Waals surface area contributed by atoms with E-state index in [1.54, 1.807) is 12.1 Å². The van der Waals surface area contributed by atoms with Crippen LogP contribution in [-0.4, -0.2) is 41.3 Å². The first-order chi connectivity index (χ1) is 11.1. The van der Waals surface area contributed by atoms with Crippen molar-refractivity contribution in [2.24, 2.45) is 0 Å². The van der Waals surface area contributed by atoms with Gasteiger partial charge in [-0.1, -0.05) is 42.5 Å². The van der Waals surface area contributed by atoms with Gasteiger partial charge in [0.1, 0.15) is 12.7 Å². The fourth-order valence-corrected chi connectivity index (χ4v) is 2.53. The maximum absolute atomic E-state index is 12.0. The predicted octanol–water partition coefficient (Wildman–Crippen LogP) is 1.98. The van der Waals surface area contributed by atoms with Crippen LogP contribution in [0.15, 0.2) is 54.6 Å². The van der Waals surface area contributed by atoms with E-state index in [0.717, 1.165) is 11.1 Å². The topological polar surface area (TPSA) is 76.0 Å². The molecule has 2 N–H and O–H groups in total. The van der Waals surface area contributed by atoms with Crippen LogP contribution >= 0.6 is 0 Å². The number of hydrogen-bond acceptors (Lipinski definition) is 5. The summed E-state index contributed by atoms with van der Waals surface area (Å²) in [6, 6.07) is 17.0. The molecule has 1 fully saturated rings. The normalized spacial score (nSPS) is 23.7. The SMILES string of the molecule is O=C(OC[C@H]1O[C@@H](O)C[C@@H]1O)c1ccc(-c2ccccc2)cc1. The van der Waals surface area contributed by atoms with Crippen LogP contribution in [0.1, 0.15) is 16.8 Å². The second kappa shape index (κ2) is 6.91. The van der Waals surface area contributed by atoms with Crippen molar-refractivity contribution in [2.45, 2.75) is 24.9 Å². The van der Waals surface area contributed by atoms with Gasteiger partial charge in [-0.2, -0.15) is 0 Å². The first kappa shape index (κ1) is 15.7.